The number of aromatic nitrogens is 6. The molecule has 31 heavy (non-hydrogen) atoms. The average molecular weight is 418 g/mol. The number of H-pyrrole nitrogens is 1. The zero-order valence-electron chi connectivity index (χ0n) is 16.5. The lowest BCUT2D eigenvalue weighted by atomic mass is 10.2. The molecule has 2 N–H and O–H groups in total. The normalized spacial score (nSPS) is 16.0. The van der Waals surface area contributed by atoms with Gasteiger partial charge in [-0.25, -0.2) is 9.67 Å². The summed E-state index contributed by atoms with van der Waals surface area (Å²) in [6, 6.07) is 12.3. The molecule has 0 unspecified atom stereocenters. The van der Waals surface area contributed by atoms with E-state index in [1.807, 2.05) is 30.3 Å². The molecule has 4 aromatic rings. The molecule has 3 heterocycles. The molecule has 11 nitrogen and oxygen atoms in total. The van der Waals surface area contributed by atoms with Crippen LogP contribution in [0.1, 0.15) is 16.2 Å². The molecule has 1 aliphatic heterocycles. The van der Waals surface area contributed by atoms with Gasteiger partial charge in [-0.3, -0.25) is 14.7 Å². The number of hydrogen-bond donors (Lipinski definition) is 2. The van der Waals surface area contributed by atoms with Crippen molar-refractivity contribution in [2.45, 2.75) is 12.6 Å². The molecule has 0 aliphatic carbocycles. The van der Waals surface area contributed by atoms with E-state index in [0.717, 1.165) is 5.56 Å². The number of rotatable bonds is 4. The van der Waals surface area contributed by atoms with E-state index < -0.39 is 11.9 Å². The van der Waals surface area contributed by atoms with Crippen LogP contribution in [-0.4, -0.2) is 61.7 Å². The van der Waals surface area contributed by atoms with Gasteiger partial charge in [-0.05, 0) is 11.6 Å². The van der Waals surface area contributed by atoms with E-state index in [4.69, 9.17) is 4.74 Å². The van der Waals surface area contributed by atoms with Crippen molar-refractivity contribution in [1.29, 1.82) is 0 Å². The highest BCUT2D eigenvalue weighted by Gasteiger charge is 2.32. The van der Waals surface area contributed by atoms with Crippen LogP contribution in [-0.2, 0) is 11.3 Å². The largest absolute Gasteiger partial charge is 0.489 e. The van der Waals surface area contributed by atoms with Crippen LogP contribution in [0.3, 0.4) is 0 Å². The Morgan fingerprint density at radius 1 is 1.29 bits per heavy atom. The minimum absolute atomic E-state index is 0.0169. The van der Waals surface area contributed by atoms with E-state index in [2.05, 4.69) is 30.8 Å². The van der Waals surface area contributed by atoms with Gasteiger partial charge >= 0.3 is 0 Å². The summed E-state index contributed by atoms with van der Waals surface area (Å²) in [5, 5.41) is 17.4. The lowest BCUT2D eigenvalue weighted by molar-refractivity contribution is -0.120. The molecule has 0 spiro atoms. The van der Waals surface area contributed by atoms with Crippen LogP contribution < -0.4 is 15.0 Å². The molecule has 0 bridgehead atoms. The molecule has 0 fully saturated rings. The predicted octanol–water partition coefficient (Wildman–Crippen LogP) is 0.751. The highest BCUT2D eigenvalue weighted by molar-refractivity contribution is 6.03. The first-order chi connectivity index (χ1) is 15.1. The molecule has 2 aromatic carbocycles. The fraction of sp³-hybridized carbons (Fsp3) is 0.200. The van der Waals surface area contributed by atoms with Crippen LogP contribution in [0.4, 0.5) is 5.69 Å². The molecular formula is C20H18N8O3. The number of hydrogen-bond acceptors (Lipinski definition) is 7. The van der Waals surface area contributed by atoms with Crippen molar-refractivity contribution in [1.82, 2.24) is 35.5 Å². The first kappa shape index (κ1) is 18.7. The summed E-state index contributed by atoms with van der Waals surface area (Å²) in [6.45, 7) is 0.459. The molecular weight excluding hydrogens is 400 g/mol. The van der Waals surface area contributed by atoms with E-state index in [1.165, 1.54) is 11.2 Å². The number of fused-ring (bicyclic) bond motifs is 2. The number of ether oxygens (including phenoxy) is 1. The Kier molecular flexibility index (Phi) is 4.54. The van der Waals surface area contributed by atoms with Gasteiger partial charge in [0.1, 0.15) is 30.2 Å². The number of aromatic amines is 1. The maximum absolute atomic E-state index is 12.9. The van der Waals surface area contributed by atoms with Gasteiger partial charge in [-0.2, -0.15) is 0 Å². The number of nitrogens with zero attached hydrogens (tertiary/aromatic N) is 6. The summed E-state index contributed by atoms with van der Waals surface area (Å²) in [5.74, 6) is -0.391. The Balaban J connectivity index is 1.31. The van der Waals surface area contributed by atoms with Gasteiger partial charge in [0.05, 0.1) is 17.7 Å². The molecule has 0 saturated carbocycles. The maximum Gasteiger partial charge on any atom is 0.291 e. The molecule has 2 amide bonds. The topological polar surface area (TPSA) is 131 Å². The second-order valence-electron chi connectivity index (χ2n) is 7.13. The zero-order chi connectivity index (χ0) is 21.4. The van der Waals surface area contributed by atoms with E-state index >= 15 is 0 Å². The van der Waals surface area contributed by atoms with Gasteiger partial charge in [0, 0.05) is 13.1 Å². The van der Waals surface area contributed by atoms with Crippen molar-refractivity contribution in [2.75, 3.05) is 18.6 Å². The number of carbonyl (C=O) groups excluding carboxylic acids is 2. The number of carbonyl (C=O) groups is 2. The third-order valence-electron chi connectivity index (χ3n) is 5.03. The molecule has 0 saturated heterocycles. The molecule has 2 aromatic heterocycles. The minimum atomic E-state index is -0.893. The van der Waals surface area contributed by atoms with Crippen molar-refractivity contribution in [2.24, 2.45) is 0 Å². The summed E-state index contributed by atoms with van der Waals surface area (Å²) >= 11 is 0. The van der Waals surface area contributed by atoms with Crippen LogP contribution in [0.5, 0.6) is 5.75 Å². The molecule has 0 radical (unpaired) electrons. The maximum atomic E-state index is 12.9. The van der Waals surface area contributed by atoms with Crippen molar-refractivity contribution in [3.05, 3.63) is 60.2 Å². The number of nitrogens with one attached hydrogen (secondary N) is 2. The molecule has 1 aliphatic rings. The quantitative estimate of drug-likeness (QED) is 0.500. The lowest BCUT2D eigenvalue weighted by Gasteiger charge is -2.19. The zero-order valence-corrected chi connectivity index (χ0v) is 16.5. The van der Waals surface area contributed by atoms with Gasteiger partial charge in [-0.15, -0.1) is 10.2 Å². The van der Waals surface area contributed by atoms with E-state index in [9.17, 15) is 9.59 Å². The fourth-order valence-corrected chi connectivity index (χ4v) is 3.41. The van der Waals surface area contributed by atoms with Crippen molar-refractivity contribution in [3.63, 3.8) is 0 Å². The van der Waals surface area contributed by atoms with Crippen LogP contribution >= 0.6 is 0 Å². The van der Waals surface area contributed by atoms with Crippen LogP contribution in [0, 0.1) is 0 Å². The fourth-order valence-electron chi connectivity index (χ4n) is 3.41. The first-order valence-corrected chi connectivity index (χ1v) is 9.58. The Hall–Kier alpha value is -4.28. The Morgan fingerprint density at radius 3 is 2.97 bits per heavy atom. The van der Waals surface area contributed by atoms with E-state index in [-0.39, 0.29) is 18.3 Å². The standard InChI is InChI=1S/C20H18N8O3/c1-27-16-7-13-14(24-26-23-13)8-17(16)31-10-15(20(27)30)22-19(29)18-21-11-28(25-18)9-12-5-3-2-4-6-12/h2-8,11,15H,9-10H2,1H3,(H,22,29)(H,23,24,26)/t15-/m0/s1. The SMILES string of the molecule is CN1C(=O)[C@@H](NC(=O)c2ncn(Cc3ccccc3)n2)COc2cc3[nH]nnc3cc21. The minimum Gasteiger partial charge on any atom is -0.489 e. The number of likely N-dealkylation sites (N-methyl/N-ethyl adjacent to an activating group) is 1. The predicted molar refractivity (Wildman–Crippen MR) is 110 cm³/mol. The molecule has 11 heteroatoms. The number of benzene rings is 2. The summed E-state index contributed by atoms with van der Waals surface area (Å²) in [4.78, 5) is 31.1. The van der Waals surface area contributed by atoms with Gasteiger partial charge < -0.3 is 15.0 Å². The summed E-state index contributed by atoms with van der Waals surface area (Å²) < 4.78 is 7.37. The van der Waals surface area contributed by atoms with Crippen molar-refractivity contribution < 1.29 is 14.3 Å². The summed E-state index contributed by atoms with van der Waals surface area (Å²) in [5.41, 5.74) is 2.88. The molecule has 1 atom stereocenters. The van der Waals surface area contributed by atoms with Gasteiger partial charge in [-0.1, -0.05) is 35.5 Å². The Bertz CT molecular complexity index is 1270. The van der Waals surface area contributed by atoms with Gasteiger partial charge in [0.2, 0.25) is 5.82 Å². The van der Waals surface area contributed by atoms with Crippen LogP contribution in [0.2, 0.25) is 0 Å². The van der Waals surface area contributed by atoms with Crippen LogP contribution in [0.15, 0.2) is 48.8 Å². The second-order valence-corrected chi connectivity index (χ2v) is 7.13. The first-order valence-electron chi connectivity index (χ1n) is 9.58. The Morgan fingerprint density at radius 2 is 2.13 bits per heavy atom. The Labute approximate surface area is 176 Å². The smallest absolute Gasteiger partial charge is 0.291 e. The summed E-state index contributed by atoms with van der Waals surface area (Å²) in [6.07, 6.45) is 1.48. The molecule has 156 valence electrons. The number of anilines is 1. The van der Waals surface area contributed by atoms with Crippen molar-refractivity contribution >= 4 is 28.5 Å². The lowest BCUT2D eigenvalue weighted by Crippen LogP contribution is -2.49. The van der Waals surface area contributed by atoms with E-state index in [0.29, 0.717) is 29.0 Å². The average Bonchev–Trinajstić information content (AvgIpc) is 3.42. The molecule has 5 rings (SSSR count). The van der Waals surface area contributed by atoms with E-state index in [1.54, 1.807) is 23.9 Å². The summed E-state index contributed by atoms with van der Waals surface area (Å²) in [7, 11) is 1.62. The van der Waals surface area contributed by atoms with Crippen LogP contribution in [0.25, 0.3) is 11.0 Å². The second kappa shape index (κ2) is 7.52. The highest BCUT2D eigenvalue weighted by Crippen LogP contribution is 2.33. The third-order valence-corrected chi connectivity index (χ3v) is 5.03. The van der Waals surface area contributed by atoms with Crippen molar-refractivity contribution in [3.8, 4) is 5.75 Å². The van der Waals surface area contributed by atoms with Gasteiger partial charge in [0.25, 0.3) is 11.8 Å². The van der Waals surface area contributed by atoms with Gasteiger partial charge in [0.15, 0.2) is 0 Å². The highest BCUT2D eigenvalue weighted by atomic mass is 16.5. The number of amides is 2. The monoisotopic (exact) mass is 418 g/mol. The third kappa shape index (κ3) is 3.56.